The van der Waals surface area contributed by atoms with Gasteiger partial charge in [-0.1, -0.05) is 104 Å². The number of likely N-dealkylation sites (N-methyl/N-ethyl adjacent to an activating group) is 1. The number of phosphoric ester groups is 1. The van der Waals surface area contributed by atoms with Crippen LogP contribution in [0.5, 0.6) is 5.75 Å². The maximum atomic E-state index is 13.1. The molecular weight excluding hydrogens is 861 g/mol. The fraction of sp³-hybridized carbons (Fsp3) is 0.667. The monoisotopic (exact) mass is 933 g/mol. The number of fused-ring (bicyclic) bond motifs is 1. The Morgan fingerprint density at radius 2 is 1.47 bits per heavy atom. The van der Waals surface area contributed by atoms with Crippen molar-refractivity contribution in [3.05, 3.63) is 29.5 Å². The quantitative estimate of drug-likeness (QED) is 0.0288. The standard InChI is InChI=1S/C48H73ClN3O11P/c1-6-8-9-10-11-12-13-14-15-16-17-18-19-22-25-32-58-39-60-37-43(38-63-64(55,56)62-34-31-51(4)7-2)61-40-59-33-30-50-47(53)36-44-41(3)52(48(54)26-23-20-21-24-29-49)46-28-27-42(57-5)35-45(44)46/h27-28,35,43H,6-19,22,25,30-34,36-40H2,1-5H3,(H,50,53)(H,55,56). The van der Waals surface area contributed by atoms with Crippen molar-refractivity contribution >= 4 is 42.1 Å². The second-order valence-corrected chi connectivity index (χ2v) is 17.1. The molecule has 0 bridgehead atoms. The number of nitrogens with zero attached hydrogens (tertiary/aromatic N) is 2. The van der Waals surface area contributed by atoms with E-state index in [2.05, 4.69) is 47.2 Å². The van der Waals surface area contributed by atoms with Crippen molar-refractivity contribution in [1.29, 1.82) is 0 Å². The van der Waals surface area contributed by atoms with Gasteiger partial charge in [0.15, 0.2) is 0 Å². The van der Waals surface area contributed by atoms with Crippen LogP contribution >= 0.6 is 19.4 Å². The summed E-state index contributed by atoms with van der Waals surface area (Å²) in [5.41, 5.74) is 1.75. The van der Waals surface area contributed by atoms with Gasteiger partial charge in [0, 0.05) is 53.9 Å². The number of halogens is 1. The van der Waals surface area contributed by atoms with Crippen LogP contribution < -0.4 is 10.1 Å². The van der Waals surface area contributed by atoms with Crippen LogP contribution in [0, 0.1) is 41.9 Å². The van der Waals surface area contributed by atoms with Gasteiger partial charge in [0.25, 0.3) is 0 Å². The van der Waals surface area contributed by atoms with Gasteiger partial charge >= 0.3 is 13.7 Å². The van der Waals surface area contributed by atoms with Gasteiger partial charge in [-0.05, 0) is 74.1 Å². The summed E-state index contributed by atoms with van der Waals surface area (Å²) in [6.45, 7) is 7.61. The third kappa shape index (κ3) is 25.3. The number of carbonyl (C=O) groups excluding carboxylic acids is 2. The summed E-state index contributed by atoms with van der Waals surface area (Å²) in [5, 5.41) is 5.61. The van der Waals surface area contributed by atoms with Gasteiger partial charge in [-0.15, -0.1) is 0 Å². The van der Waals surface area contributed by atoms with Crippen molar-refractivity contribution in [2.24, 2.45) is 0 Å². The van der Waals surface area contributed by atoms with E-state index in [1.165, 1.54) is 95.1 Å². The lowest BCUT2D eigenvalue weighted by atomic mass is 10.0. The fourth-order valence-electron chi connectivity index (χ4n) is 6.69. The van der Waals surface area contributed by atoms with Crippen LogP contribution in [0.25, 0.3) is 10.9 Å². The van der Waals surface area contributed by atoms with Gasteiger partial charge in [-0.2, -0.15) is 0 Å². The molecule has 2 atom stereocenters. The van der Waals surface area contributed by atoms with Gasteiger partial charge in [0.05, 0.1) is 45.5 Å². The van der Waals surface area contributed by atoms with Crippen LogP contribution in [0.3, 0.4) is 0 Å². The van der Waals surface area contributed by atoms with Crippen molar-refractivity contribution in [2.45, 2.75) is 130 Å². The molecule has 2 aromatic rings. The molecule has 0 radical (unpaired) electrons. The Hall–Kier alpha value is -3.42. The normalized spacial score (nSPS) is 12.4. The van der Waals surface area contributed by atoms with Crippen molar-refractivity contribution < 1.29 is 51.8 Å². The second kappa shape index (κ2) is 35.8. The molecule has 1 heterocycles. The van der Waals surface area contributed by atoms with Crippen LogP contribution in [0.4, 0.5) is 0 Å². The summed E-state index contributed by atoms with van der Waals surface area (Å²) in [7, 11) is -0.937. The van der Waals surface area contributed by atoms with Crippen molar-refractivity contribution in [2.75, 3.05) is 80.4 Å². The molecule has 2 unspecified atom stereocenters. The zero-order valence-electron chi connectivity index (χ0n) is 38.9. The number of aromatic nitrogens is 1. The molecule has 2 rings (SSSR count). The molecule has 0 saturated carbocycles. The Morgan fingerprint density at radius 1 is 0.828 bits per heavy atom. The zero-order chi connectivity index (χ0) is 46.7. The fourth-order valence-corrected chi connectivity index (χ4v) is 7.48. The third-order valence-electron chi connectivity index (χ3n) is 10.5. The van der Waals surface area contributed by atoms with Crippen molar-refractivity contribution in [3.8, 4) is 40.7 Å². The average molecular weight is 935 g/mol. The molecule has 1 aromatic carbocycles. The largest absolute Gasteiger partial charge is 0.497 e. The summed E-state index contributed by atoms with van der Waals surface area (Å²) in [6, 6.07) is 5.22. The molecule has 1 aromatic heterocycles. The second-order valence-electron chi connectivity index (χ2n) is 15.5. The number of methoxy groups -OCH3 is 1. The van der Waals surface area contributed by atoms with Crippen molar-refractivity contribution in [1.82, 2.24) is 14.8 Å². The molecule has 1 amide bonds. The minimum atomic E-state index is -4.35. The number of nitrogens with one attached hydrogen (secondary N) is 1. The Balaban J connectivity index is 1.78. The minimum absolute atomic E-state index is 0.0134. The van der Waals surface area contributed by atoms with Crippen LogP contribution in [0.15, 0.2) is 18.2 Å². The van der Waals surface area contributed by atoms with E-state index in [1.807, 2.05) is 18.9 Å². The molecule has 0 aliphatic rings. The Kier molecular flexibility index (Phi) is 31.7. The molecule has 0 aliphatic carbocycles. The first-order chi connectivity index (χ1) is 31.1. The van der Waals surface area contributed by atoms with E-state index in [0.29, 0.717) is 41.1 Å². The topological polar surface area (TPSA) is 156 Å². The van der Waals surface area contributed by atoms with Gasteiger partial charge in [0.1, 0.15) is 25.4 Å². The van der Waals surface area contributed by atoms with E-state index >= 15 is 0 Å². The van der Waals surface area contributed by atoms with E-state index in [4.69, 9.17) is 44.3 Å². The van der Waals surface area contributed by atoms with Gasteiger partial charge in [0.2, 0.25) is 5.91 Å². The molecule has 2 N–H and O–H groups in total. The SMILES string of the molecule is CCCCCCCCCCCCCCCCCOCOCC(COP(=O)(O)OCCN(C)CC)OCOCCNC(=O)Cc1c(C)n(C(=O)C#CC#CC#CCl)c2ccc(OC)cc12. The smallest absolute Gasteiger partial charge is 0.472 e. The third-order valence-corrected chi connectivity index (χ3v) is 11.6. The van der Waals surface area contributed by atoms with E-state index in [0.717, 1.165) is 19.4 Å². The Bertz CT molecular complexity index is 1870. The maximum Gasteiger partial charge on any atom is 0.472 e. The Labute approximate surface area is 387 Å². The first-order valence-electron chi connectivity index (χ1n) is 22.8. The molecule has 16 heteroatoms. The van der Waals surface area contributed by atoms with Crippen LogP contribution in [0.2, 0.25) is 0 Å². The molecule has 0 spiro atoms. The van der Waals surface area contributed by atoms with Gasteiger partial charge < -0.3 is 38.8 Å². The van der Waals surface area contributed by atoms with Crippen LogP contribution in [-0.2, 0) is 43.8 Å². The summed E-state index contributed by atoms with van der Waals surface area (Å²) >= 11 is 5.29. The van der Waals surface area contributed by atoms with E-state index in [-0.39, 0.29) is 58.9 Å². The number of ether oxygens (including phenoxy) is 5. The number of hydrogen-bond donors (Lipinski definition) is 2. The van der Waals surface area contributed by atoms with Gasteiger partial charge in [-0.3, -0.25) is 23.2 Å². The first kappa shape index (κ1) is 56.7. The van der Waals surface area contributed by atoms with Crippen LogP contribution in [0.1, 0.15) is 126 Å². The minimum Gasteiger partial charge on any atom is -0.497 e. The summed E-state index contributed by atoms with van der Waals surface area (Å²) in [6.07, 6.45) is 18.6. The van der Waals surface area contributed by atoms with Gasteiger partial charge in [-0.25, -0.2) is 4.57 Å². The number of rotatable bonds is 37. The summed E-state index contributed by atoms with van der Waals surface area (Å²) in [5.74, 6) is 11.9. The molecule has 358 valence electrons. The van der Waals surface area contributed by atoms with Crippen molar-refractivity contribution in [3.63, 3.8) is 0 Å². The first-order valence-corrected chi connectivity index (χ1v) is 24.7. The number of hydrogen-bond acceptors (Lipinski definition) is 11. The number of amides is 1. The lowest BCUT2D eigenvalue weighted by Crippen LogP contribution is -2.30. The van der Waals surface area contributed by atoms with E-state index in [1.54, 1.807) is 25.1 Å². The predicted octanol–water partition coefficient (Wildman–Crippen LogP) is 8.77. The molecule has 14 nitrogen and oxygen atoms in total. The molecule has 0 aliphatic heterocycles. The van der Waals surface area contributed by atoms with E-state index < -0.39 is 19.8 Å². The number of phosphoric acid groups is 1. The van der Waals surface area contributed by atoms with E-state index in [9.17, 15) is 19.0 Å². The summed E-state index contributed by atoms with van der Waals surface area (Å²) < 4.78 is 52.4. The molecule has 0 saturated heterocycles. The molecule has 64 heavy (non-hydrogen) atoms. The molecular formula is C48H73ClN3O11P. The predicted molar refractivity (Wildman–Crippen MR) is 252 cm³/mol. The highest BCUT2D eigenvalue weighted by Crippen LogP contribution is 2.43. The zero-order valence-corrected chi connectivity index (χ0v) is 40.6. The highest BCUT2D eigenvalue weighted by Gasteiger charge is 2.24. The summed E-state index contributed by atoms with van der Waals surface area (Å²) in [4.78, 5) is 38.4. The maximum absolute atomic E-state index is 13.1. The lowest BCUT2D eigenvalue weighted by molar-refractivity contribution is -0.143. The van der Waals surface area contributed by atoms with Crippen LogP contribution in [-0.4, -0.2) is 113 Å². The number of carbonyl (C=O) groups is 2. The number of benzene rings is 1. The number of unbranched alkanes of at least 4 members (excludes halogenated alkanes) is 14. The average Bonchev–Trinajstić information content (AvgIpc) is 3.55. The molecule has 0 fully saturated rings. The highest BCUT2D eigenvalue weighted by molar-refractivity contribution is 7.47. The highest BCUT2D eigenvalue weighted by atomic mass is 35.5. The lowest BCUT2D eigenvalue weighted by Gasteiger charge is -2.20. The Morgan fingerprint density at radius 3 is 2.11 bits per heavy atom.